The predicted octanol–water partition coefficient (Wildman–Crippen LogP) is 8.45. The van der Waals surface area contributed by atoms with Crippen LogP contribution >= 0.6 is 0 Å². The molecule has 4 aromatic rings. The molecular weight excluding hydrogens is 507 g/mol. The van der Waals surface area contributed by atoms with Gasteiger partial charge >= 0.3 is 0 Å². The summed E-state index contributed by atoms with van der Waals surface area (Å²) >= 11 is 0. The third-order valence-electron chi connectivity index (χ3n) is 9.14. The zero-order valence-electron chi connectivity index (χ0n) is 25.9. The third kappa shape index (κ3) is 4.98. The van der Waals surface area contributed by atoms with E-state index in [1.54, 1.807) is 0 Å². The average molecular weight is 553 g/mol. The van der Waals surface area contributed by atoms with E-state index in [-0.39, 0.29) is 12.8 Å². The Labute approximate surface area is 254 Å². The molecule has 0 bridgehead atoms. The van der Waals surface area contributed by atoms with E-state index in [0.717, 1.165) is 51.4 Å². The first kappa shape index (κ1) is 28.4. The lowest BCUT2D eigenvalue weighted by molar-refractivity contribution is 0.820. The van der Waals surface area contributed by atoms with E-state index in [1.807, 2.05) is 0 Å². The second-order valence-electron chi connectivity index (χ2n) is 12.0. The summed E-state index contributed by atoms with van der Waals surface area (Å²) in [6, 6.07) is 32.4. The maximum absolute atomic E-state index is 2.66. The van der Waals surface area contributed by atoms with Crippen molar-refractivity contribution in [3.63, 3.8) is 0 Å². The highest BCUT2D eigenvalue weighted by molar-refractivity contribution is 6.91. The van der Waals surface area contributed by atoms with Gasteiger partial charge in [-0.3, -0.25) is 0 Å². The van der Waals surface area contributed by atoms with Crippen molar-refractivity contribution in [3.8, 4) is 11.1 Å². The minimum Gasteiger partial charge on any atom is -0.331 e. The molecule has 2 nitrogen and oxygen atoms in total. The molecule has 214 valence electrons. The van der Waals surface area contributed by atoms with Gasteiger partial charge in [0.1, 0.15) is 0 Å². The quantitative estimate of drug-likeness (QED) is 0.172. The highest BCUT2D eigenvalue weighted by Crippen LogP contribution is 2.40. The molecule has 0 amide bonds. The Hall–Kier alpha value is -3.72. The Morgan fingerprint density at radius 2 is 0.833 bits per heavy atom. The van der Waals surface area contributed by atoms with Crippen LogP contribution in [0.5, 0.6) is 0 Å². The molecule has 4 aromatic carbocycles. The molecule has 2 heterocycles. The van der Waals surface area contributed by atoms with Crippen LogP contribution in [0, 0.1) is 0 Å². The molecule has 0 saturated carbocycles. The van der Waals surface area contributed by atoms with Crippen molar-refractivity contribution in [2.75, 3.05) is 9.80 Å². The van der Waals surface area contributed by atoms with Gasteiger partial charge in [-0.05, 0) is 59.1 Å². The molecule has 0 spiro atoms. The number of rotatable bonds is 11. The van der Waals surface area contributed by atoms with Crippen LogP contribution in [0.4, 0.5) is 11.4 Å². The number of hydrogen-bond donors (Lipinski definition) is 0. The van der Waals surface area contributed by atoms with Crippen LogP contribution in [-0.2, 0) is 25.7 Å². The van der Waals surface area contributed by atoms with Crippen molar-refractivity contribution in [2.45, 2.75) is 85.1 Å². The lowest BCUT2D eigenvalue weighted by Gasteiger charge is -2.40. The van der Waals surface area contributed by atoms with Crippen LogP contribution in [0.25, 0.3) is 11.1 Å². The van der Waals surface area contributed by atoms with Gasteiger partial charge in [-0.2, -0.15) is 0 Å². The van der Waals surface area contributed by atoms with E-state index in [9.17, 15) is 0 Å². The summed E-state index contributed by atoms with van der Waals surface area (Å²) in [6.07, 6.45) is 13.7. The lowest BCUT2D eigenvalue weighted by Crippen LogP contribution is -2.60. The molecule has 2 aliphatic heterocycles. The lowest BCUT2D eigenvalue weighted by atomic mass is 9.39. The summed E-state index contributed by atoms with van der Waals surface area (Å²) in [5.74, 6) is 0. The van der Waals surface area contributed by atoms with Gasteiger partial charge in [0.25, 0.3) is 6.71 Å². The fraction of sp³-hybridized carbons (Fsp3) is 0.333. The van der Waals surface area contributed by atoms with Crippen molar-refractivity contribution in [1.82, 2.24) is 0 Å². The van der Waals surface area contributed by atoms with Crippen LogP contribution in [0.1, 0.15) is 75.6 Å². The zero-order chi connectivity index (χ0) is 29.1. The molecule has 0 fully saturated rings. The highest BCUT2D eigenvalue weighted by Gasteiger charge is 2.46. The Morgan fingerprint density at radius 1 is 0.476 bits per heavy atom. The van der Waals surface area contributed by atoms with E-state index < -0.39 is 0 Å². The molecule has 3 heteroatoms. The molecular formula is C39H45BN2. The first-order valence-corrected chi connectivity index (χ1v) is 16.4. The molecule has 0 N–H and O–H groups in total. The number of nitrogens with zero attached hydrogens (tertiary/aromatic N) is 2. The van der Waals surface area contributed by atoms with Gasteiger partial charge in [-0.25, -0.2) is 0 Å². The van der Waals surface area contributed by atoms with E-state index in [2.05, 4.69) is 135 Å². The number of para-hydroxylation sites is 2. The number of fused-ring (bicyclic) bond motifs is 3. The first-order chi connectivity index (χ1) is 20.7. The Morgan fingerprint density at radius 3 is 1.19 bits per heavy atom. The molecule has 42 heavy (non-hydrogen) atoms. The maximum Gasteiger partial charge on any atom is 0.261 e. The van der Waals surface area contributed by atoms with E-state index in [0.29, 0.717) is 0 Å². The Kier molecular flexibility index (Phi) is 8.56. The number of benzene rings is 4. The van der Waals surface area contributed by atoms with E-state index in [1.165, 1.54) is 55.7 Å². The van der Waals surface area contributed by atoms with Gasteiger partial charge in [0.05, 0.1) is 6.07 Å². The second-order valence-corrected chi connectivity index (χ2v) is 12.0. The normalized spacial score (nSPS) is 14.1. The van der Waals surface area contributed by atoms with Gasteiger partial charge in [0.15, 0.2) is 0 Å². The van der Waals surface area contributed by atoms with Gasteiger partial charge in [0, 0.05) is 23.8 Å². The van der Waals surface area contributed by atoms with Gasteiger partial charge in [0.2, 0.25) is 0 Å². The monoisotopic (exact) mass is 552 g/mol. The van der Waals surface area contributed by atoms with Crippen molar-refractivity contribution >= 4 is 29.0 Å². The predicted molar refractivity (Wildman–Crippen MR) is 184 cm³/mol. The van der Waals surface area contributed by atoms with E-state index >= 15 is 0 Å². The molecule has 0 atom stereocenters. The van der Waals surface area contributed by atoms with Crippen LogP contribution in [0.3, 0.4) is 0 Å². The average Bonchev–Trinajstić information content (AvgIpc) is 3.57. The van der Waals surface area contributed by atoms with Gasteiger partial charge < -0.3 is 9.80 Å². The minimum atomic E-state index is 0.108. The molecule has 0 radical (unpaired) electrons. The maximum atomic E-state index is 2.66. The largest absolute Gasteiger partial charge is 0.331 e. The Bertz CT molecular complexity index is 1410. The fourth-order valence-corrected chi connectivity index (χ4v) is 7.54. The highest BCUT2D eigenvalue weighted by atomic mass is 15.4. The first-order valence-electron chi connectivity index (χ1n) is 16.4. The smallest absolute Gasteiger partial charge is 0.261 e. The van der Waals surface area contributed by atoms with Gasteiger partial charge in [-0.15, -0.1) is 0 Å². The molecule has 0 saturated heterocycles. The van der Waals surface area contributed by atoms with Gasteiger partial charge in [-0.1, -0.05) is 149 Å². The molecule has 6 rings (SSSR count). The summed E-state index contributed by atoms with van der Waals surface area (Å²) in [7, 11) is 0. The summed E-state index contributed by atoms with van der Waals surface area (Å²) in [6.45, 7) is 9.45. The molecule has 2 aliphatic rings. The zero-order valence-corrected chi connectivity index (χ0v) is 25.9. The second kappa shape index (κ2) is 12.7. The number of anilines is 2. The summed E-state index contributed by atoms with van der Waals surface area (Å²) in [5, 5.41) is 0. The van der Waals surface area contributed by atoms with Crippen LogP contribution < -0.4 is 20.7 Å². The SMILES string of the molecule is CCCc1cccc(CCC)c1N1C=CN(c2c(CCC)cccc2CCC)C1B1c2ccccc2-c2ccccc21. The summed E-state index contributed by atoms with van der Waals surface area (Å²) in [4.78, 5) is 5.33. The molecule has 0 aromatic heterocycles. The van der Waals surface area contributed by atoms with Crippen LogP contribution in [-0.4, -0.2) is 12.8 Å². The summed E-state index contributed by atoms with van der Waals surface area (Å²) in [5.41, 5.74) is 14.4. The topological polar surface area (TPSA) is 6.48 Å². The minimum absolute atomic E-state index is 0.108. The molecule has 0 aliphatic carbocycles. The van der Waals surface area contributed by atoms with Crippen molar-refractivity contribution in [1.29, 1.82) is 0 Å². The summed E-state index contributed by atoms with van der Waals surface area (Å²) < 4.78 is 0. The van der Waals surface area contributed by atoms with Crippen LogP contribution in [0.15, 0.2) is 97.3 Å². The standard InChI is InChI=1S/C39H45BN2/c1-5-15-29-19-13-20-30(16-6-2)37(29)41-27-28-42(38-31(17-7-3)21-14-22-32(38)18-8-4)39(41)40-35-25-11-9-23-33(35)34-24-10-12-26-36(34)40/h9-14,19-28,39H,5-8,15-18H2,1-4H3. The number of hydrogen-bond acceptors (Lipinski definition) is 2. The molecule has 0 unspecified atom stereocenters. The van der Waals surface area contributed by atoms with Crippen LogP contribution in [0.2, 0.25) is 0 Å². The van der Waals surface area contributed by atoms with Crippen molar-refractivity contribution in [2.24, 2.45) is 0 Å². The Balaban J connectivity index is 1.61. The fourth-order valence-electron chi connectivity index (χ4n) is 7.54. The number of aryl methyl sites for hydroxylation is 4. The van der Waals surface area contributed by atoms with Crippen molar-refractivity contribution < 1.29 is 0 Å². The third-order valence-corrected chi connectivity index (χ3v) is 9.14. The van der Waals surface area contributed by atoms with E-state index in [4.69, 9.17) is 0 Å². The van der Waals surface area contributed by atoms with Crippen molar-refractivity contribution in [3.05, 3.63) is 120 Å².